The fourth-order valence-corrected chi connectivity index (χ4v) is 4.11. The van der Waals surface area contributed by atoms with Gasteiger partial charge in [0.15, 0.2) is 0 Å². The lowest BCUT2D eigenvalue weighted by atomic mass is 10.0. The van der Waals surface area contributed by atoms with Gasteiger partial charge in [0, 0.05) is 43.5 Å². The number of amides is 1. The lowest BCUT2D eigenvalue weighted by Gasteiger charge is -2.34. The van der Waals surface area contributed by atoms with Gasteiger partial charge in [0.1, 0.15) is 5.82 Å². The van der Waals surface area contributed by atoms with E-state index in [1.807, 2.05) is 4.90 Å². The second kappa shape index (κ2) is 8.11. The lowest BCUT2D eigenvalue weighted by Crippen LogP contribution is -2.45. The Labute approximate surface area is 153 Å². The van der Waals surface area contributed by atoms with Gasteiger partial charge in [-0.05, 0) is 35.1 Å². The molecule has 134 valence electrons. The van der Waals surface area contributed by atoms with Crippen LogP contribution >= 0.6 is 11.3 Å². The second-order valence-electron chi connectivity index (χ2n) is 7.02. The smallest absolute Gasteiger partial charge is 0.224 e. The van der Waals surface area contributed by atoms with Crippen molar-refractivity contribution < 1.29 is 9.18 Å². The summed E-state index contributed by atoms with van der Waals surface area (Å²) in [6.07, 6.45) is 0.537. The van der Waals surface area contributed by atoms with Gasteiger partial charge in [0.2, 0.25) is 5.91 Å². The molecule has 1 aromatic carbocycles. The van der Waals surface area contributed by atoms with Crippen molar-refractivity contribution in [3.63, 3.8) is 0 Å². The van der Waals surface area contributed by atoms with Gasteiger partial charge in [-0.15, -0.1) is 11.3 Å². The number of hydrogen-bond acceptors (Lipinski definition) is 3. The number of hydrogen-bond donors (Lipinski definition) is 0. The zero-order valence-corrected chi connectivity index (χ0v) is 15.6. The first-order valence-corrected chi connectivity index (χ1v) is 9.69. The van der Waals surface area contributed by atoms with E-state index in [0.29, 0.717) is 18.9 Å². The molecule has 2 aromatic rings. The van der Waals surface area contributed by atoms with Crippen LogP contribution in [-0.2, 0) is 17.9 Å². The van der Waals surface area contributed by atoms with Crippen molar-refractivity contribution in [2.75, 3.05) is 13.1 Å². The molecule has 1 saturated heterocycles. The minimum atomic E-state index is -0.242. The molecule has 0 aliphatic carbocycles. The van der Waals surface area contributed by atoms with E-state index in [1.165, 1.54) is 17.0 Å². The maximum Gasteiger partial charge on any atom is 0.224 e. The zero-order chi connectivity index (χ0) is 17.8. The van der Waals surface area contributed by atoms with Crippen molar-refractivity contribution in [2.45, 2.75) is 39.4 Å². The minimum Gasteiger partial charge on any atom is -0.334 e. The van der Waals surface area contributed by atoms with Crippen molar-refractivity contribution in [1.82, 2.24) is 9.80 Å². The summed E-state index contributed by atoms with van der Waals surface area (Å²) in [6.45, 7) is 7.46. The maximum absolute atomic E-state index is 13.2. The van der Waals surface area contributed by atoms with E-state index < -0.39 is 0 Å². The highest BCUT2D eigenvalue weighted by molar-refractivity contribution is 7.09. The van der Waals surface area contributed by atoms with Crippen molar-refractivity contribution >= 4 is 17.2 Å². The van der Waals surface area contributed by atoms with Gasteiger partial charge in [0.05, 0.1) is 0 Å². The molecule has 0 bridgehead atoms. The molecule has 1 aliphatic heterocycles. The molecular formula is C20H25FN2OS. The topological polar surface area (TPSA) is 23.6 Å². The average molecular weight is 360 g/mol. The predicted molar refractivity (Wildman–Crippen MR) is 99.8 cm³/mol. The Bertz CT molecular complexity index is 684. The minimum absolute atomic E-state index is 0.167. The van der Waals surface area contributed by atoms with Crippen LogP contribution in [0.15, 0.2) is 41.8 Å². The first-order chi connectivity index (χ1) is 12.0. The third kappa shape index (κ3) is 4.67. The molecule has 2 heterocycles. The van der Waals surface area contributed by atoms with Crippen molar-refractivity contribution in [3.05, 3.63) is 58.0 Å². The highest BCUT2D eigenvalue weighted by atomic mass is 32.1. The van der Waals surface area contributed by atoms with Gasteiger partial charge < -0.3 is 4.90 Å². The summed E-state index contributed by atoms with van der Waals surface area (Å²) in [5.41, 5.74) is 0.979. The lowest BCUT2D eigenvalue weighted by molar-refractivity contribution is -0.134. The molecule has 1 aliphatic rings. The molecule has 0 spiro atoms. The molecule has 1 atom stereocenters. The Hall–Kier alpha value is -1.72. The van der Waals surface area contributed by atoms with Crippen molar-refractivity contribution in [3.8, 4) is 0 Å². The Morgan fingerprint density at radius 1 is 1.20 bits per heavy atom. The Morgan fingerprint density at radius 3 is 2.60 bits per heavy atom. The normalized spacial score (nSPS) is 19.4. The standard InChI is InChI=1S/C20H25FN2OS/c1-15(2)19-14-22(13-18-4-3-11-25-18)10-9-20(24)23(19)12-16-5-7-17(21)8-6-16/h3-8,11,15,19H,9-10,12-14H2,1-2H3/t19-/m1/s1. The fourth-order valence-electron chi connectivity index (χ4n) is 3.37. The summed E-state index contributed by atoms with van der Waals surface area (Å²) in [5, 5.41) is 2.10. The molecule has 1 amide bonds. The SMILES string of the molecule is CC(C)[C@H]1CN(Cc2cccs2)CCC(=O)N1Cc1ccc(F)cc1. The maximum atomic E-state index is 13.2. The molecule has 0 N–H and O–H groups in total. The van der Waals surface area contributed by atoms with Crippen molar-refractivity contribution in [1.29, 1.82) is 0 Å². The zero-order valence-electron chi connectivity index (χ0n) is 14.8. The summed E-state index contributed by atoms with van der Waals surface area (Å²) in [6, 6.07) is 10.9. The van der Waals surface area contributed by atoms with Gasteiger partial charge >= 0.3 is 0 Å². The predicted octanol–water partition coefficient (Wildman–Crippen LogP) is 4.15. The van der Waals surface area contributed by atoms with Crippen LogP contribution in [0.1, 0.15) is 30.7 Å². The average Bonchev–Trinajstić information content (AvgIpc) is 3.04. The van der Waals surface area contributed by atoms with Crippen molar-refractivity contribution in [2.24, 2.45) is 5.92 Å². The summed E-state index contributed by atoms with van der Waals surface area (Å²) in [4.78, 5) is 18.5. The van der Waals surface area contributed by atoms with Gasteiger partial charge in [-0.1, -0.05) is 32.0 Å². The van der Waals surface area contributed by atoms with E-state index >= 15 is 0 Å². The van der Waals surface area contributed by atoms with Crippen LogP contribution in [0.25, 0.3) is 0 Å². The molecule has 25 heavy (non-hydrogen) atoms. The molecule has 3 rings (SSSR count). The Morgan fingerprint density at radius 2 is 1.96 bits per heavy atom. The van der Waals surface area contributed by atoms with Gasteiger partial charge in [-0.3, -0.25) is 9.69 Å². The number of nitrogens with zero attached hydrogens (tertiary/aromatic N) is 2. The third-order valence-corrected chi connectivity index (χ3v) is 5.66. The largest absolute Gasteiger partial charge is 0.334 e. The number of halogens is 1. The first-order valence-electron chi connectivity index (χ1n) is 8.81. The fraction of sp³-hybridized carbons (Fsp3) is 0.450. The number of thiophene rings is 1. The van der Waals surface area contributed by atoms with E-state index in [0.717, 1.165) is 25.2 Å². The monoisotopic (exact) mass is 360 g/mol. The summed E-state index contributed by atoms with van der Waals surface area (Å²) in [5.74, 6) is 0.318. The van der Waals surface area contributed by atoms with Crippen LogP contribution in [0.3, 0.4) is 0 Å². The number of benzene rings is 1. The van der Waals surface area contributed by atoms with Gasteiger partial charge in [-0.25, -0.2) is 4.39 Å². The van der Waals surface area contributed by atoms with E-state index in [1.54, 1.807) is 23.5 Å². The van der Waals surface area contributed by atoms with E-state index in [-0.39, 0.29) is 17.8 Å². The van der Waals surface area contributed by atoms with E-state index in [2.05, 4.69) is 36.3 Å². The van der Waals surface area contributed by atoms with E-state index in [9.17, 15) is 9.18 Å². The number of rotatable bonds is 5. The summed E-state index contributed by atoms with van der Waals surface area (Å²) < 4.78 is 13.2. The van der Waals surface area contributed by atoms with Crippen LogP contribution in [0, 0.1) is 11.7 Å². The molecule has 1 aromatic heterocycles. The second-order valence-corrected chi connectivity index (χ2v) is 8.06. The quantitative estimate of drug-likeness (QED) is 0.800. The van der Waals surface area contributed by atoms with Gasteiger partial charge in [-0.2, -0.15) is 0 Å². The molecule has 0 unspecified atom stereocenters. The Kier molecular flexibility index (Phi) is 5.86. The Balaban J connectivity index is 1.76. The molecular weight excluding hydrogens is 335 g/mol. The third-order valence-electron chi connectivity index (χ3n) is 4.80. The summed E-state index contributed by atoms with van der Waals surface area (Å²) >= 11 is 1.76. The highest BCUT2D eigenvalue weighted by Crippen LogP contribution is 2.23. The molecule has 0 radical (unpaired) electrons. The van der Waals surface area contributed by atoms with Crippen LogP contribution in [0.2, 0.25) is 0 Å². The highest BCUT2D eigenvalue weighted by Gasteiger charge is 2.31. The first kappa shape index (κ1) is 18.1. The van der Waals surface area contributed by atoms with Crippen LogP contribution in [-0.4, -0.2) is 34.8 Å². The number of carbonyl (C=O) groups excluding carboxylic acids is 1. The molecule has 1 fully saturated rings. The van der Waals surface area contributed by atoms with Crippen LogP contribution in [0.4, 0.5) is 4.39 Å². The van der Waals surface area contributed by atoms with Gasteiger partial charge in [0.25, 0.3) is 0 Å². The molecule has 3 nitrogen and oxygen atoms in total. The van der Waals surface area contributed by atoms with Crippen LogP contribution in [0.5, 0.6) is 0 Å². The van der Waals surface area contributed by atoms with Crippen LogP contribution < -0.4 is 0 Å². The summed E-state index contributed by atoms with van der Waals surface area (Å²) in [7, 11) is 0. The van der Waals surface area contributed by atoms with E-state index in [4.69, 9.17) is 0 Å². The molecule has 5 heteroatoms. The number of carbonyl (C=O) groups is 1. The molecule has 0 saturated carbocycles.